The molecule has 2 amide bonds. The summed E-state index contributed by atoms with van der Waals surface area (Å²) in [7, 11) is -2.28. The molecule has 0 saturated heterocycles. The zero-order valence-electron chi connectivity index (χ0n) is 14.3. The number of nitrogens with two attached hydrogens (primary N) is 1. The summed E-state index contributed by atoms with van der Waals surface area (Å²) in [5, 5.41) is 2.52. The number of hydrogen-bond acceptors (Lipinski definition) is 5. The monoisotopic (exact) mass is 377 g/mol. The van der Waals surface area contributed by atoms with Gasteiger partial charge in [0.15, 0.2) is 0 Å². The van der Waals surface area contributed by atoms with E-state index in [-0.39, 0.29) is 16.9 Å². The molecule has 0 atom stereocenters. The Labute approximate surface area is 151 Å². The standard InChI is InChI=1S/C17H19N3O5S/c1-25-13-7-5-6-12(10-13)20(26(2,23)24)11-16(21)19-15-9-4-3-8-14(15)17(18)22/h3-10H,11H2,1-2H3,(H2,18,22)(H,19,21). The highest BCUT2D eigenvalue weighted by atomic mass is 32.2. The molecular formula is C17H19N3O5S. The number of nitrogens with one attached hydrogen (secondary N) is 1. The Kier molecular flexibility index (Phi) is 5.83. The number of hydrogen-bond donors (Lipinski definition) is 2. The summed E-state index contributed by atoms with van der Waals surface area (Å²) in [6, 6.07) is 12.5. The third-order valence-electron chi connectivity index (χ3n) is 3.50. The number of ether oxygens (including phenoxy) is 1. The predicted octanol–water partition coefficient (Wildman–Crippen LogP) is 1.20. The molecule has 0 aromatic heterocycles. The number of carbonyl (C=O) groups is 2. The molecule has 8 nitrogen and oxygen atoms in total. The molecule has 2 rings (SSSR count). The van der Waals surface area contributed by atoms with E-state index in [1.54, 1.807) is 30.3 Å². The minimum absolute atomic E-state index is 0.133. The number of anilines is 2. The third-order valence-corrected chi connectivity index (χ3v) is 4.64. The van der Waals surface area contributed by atoms with Gasteiger partial charge in [0, 0.05) is 6.07 Å². The van der Waals surface area contributed by atoms with Gasteiger partial charge in [-0.05, 0) is 24.3 Å². The number of primary amides is 1. The second-order valence-electron chi connectivity index (χ2n) is 5.43. The maximum absolute atomic E-state index is 12.4. The molecule has 0 fully saturated rings. The Morgan fingerprint density at radius 2 is 1.85 bits per heavy atom. The highest BCUT2D eigenvalue weighted by Crippen LogP contribution is 2.23. The first kappa shape index (κ1) is 19.3. The smallest absolute Gasteiger partial charge is 0.250 e. The molecule has 2 aromatic carbocycles. The molecular weight excluding hydrogens is 358 g/mol. The van der Waals surface area contributed by atoms with Crippen molar-refractivity contribution in [2.75, 3.05) is 29.5 Å². The largest absolute Gasteiger partial charge is 0.497 e. The first-order valence-corrected chi connectivity index (χ1v) is 9.37. The molecule has 2 aromatic rings. The molecule has 0 bridgehead atoms. The van der Waals surface area contributed by atoms with Crippen LogP contribution in [0.15, 0.2) is 48.5 Å². The van der Waals surface area contributed by atoms with Crippen molar-refractivity contribution in [1.82, 2.24) is 0 Å². The van der Waals surface area contributed by atoms with E-state index < -0.39 is 28.4 Å². The van der Waals surface area contributed by atoms with E-state index in [0.717, 1.165) is 10.6 Å². The molecule has 138 valence electrons. The van der Waals surface area contributed by atoms with Crippen LogP contribution in [0.2, 0.25) is 0 Å². The van der Waals surface area contributed by atoms with Gasteiger partial charge in [0.05, 0.1) is 30.3 Å². The van der Waals surface area contributed by atoms with Crippen LogP contribution in [0.4, 0.5) is 11.4 Å². The van der Waals surface area contributed by atoms with Crippen molar-refractivity contribution in [3.8, 4) is 5.75 Å². The molecule has 9 heteroatoms. The van der Waals surface area contributed by atoms with Crippen molar-refractivity contribution < 1.29 is 22.7 Å². The van der Waals surface area contributed by atoms with Gasteiger partial charge in [0.2, 0.25) is 15.9 Å². The number of nitrogens with zero attached hydrogens (tertiary/aromatic N) is 1. The molecule has 0 aliphatic rings. The van der Waals surface area contributed by atoms with Crippen LogP contribution in [0, 0.1) is 0 Å². The van der Waals surface area contributed by atoms with E-state index >= 15 is 0 Å². The molecule has 0 aliphatic carbocycles. The lowest BCUT2D eigenvalue weighted by Crippen LogP contribution is -2.37. The lowest BCUT2D eigenvalue weighted by atomic mass is 10.1. The van der Waals surface area contributed by atoms with E-state index in [1.807, 2.05) is 0 Å². The summed E-state index contributed by atoms with van der Waals surface area (Å²) in [6.07, 6.45) is 0.997. The summed E-state index contributed by atoms with van der Waals surface area (Å²) in [4.78, 5) is 23.8. The van der Waals surface area contributed by atoms with Crippen LogP contribution in [0.25, 0.3) is 0 Å². The number of methoxy groups -OCH3 is 1. The van der Waals surface area contributed by atoms with Crippen molar-refractivity contribution >= 4 is 33.2 Å². The van der Waals surface area contributed by atoms with E-state index in [2.05, 4.69) is 5.32 Å². The van der Waals surface area contributed by atoms with Gasteiger partial charge in [-0.25, -0.2) is 8.42 Å². The number of benzene rings is 2. The van der Waals surface area contributed by atoms with Gasteiger partial charge in [0.1, 0.15) is 12.3 Å². The van der Waals surface area contributed by atoms with E-state index in [0.29, 0.717) is 5.75 Å². The van der Waals surface area contributed by atoms with E-state index in [9.17, 15) is 18.0 Å². The molecule has 0 saturated carbocycles. The lowest BCUT2D eigenvalue weighted by Gasteiger charge is -2.22. The van der Waals surface area contributed by atoms with Crippen LogP contribution in [-0.2, 0) is 14.8 Å². The Morgan fingerprint density at radius 1 is 1.15 bits per heavy atom. The molecule has 0 heterocycles. The van der Waals surface area contributed by atoms with Crippen LogP contribution in [-0.4, -0.2) is 40.1 Å². The van der Waals surface area contributed by atoms with Gasteiger partial charge in [-0.15, -0.1) is 0 Å². The summed E-state index contributed by atoms with van der Waals surface area (Å²) >= 11 is 0. The summed E-state index contributed by atoms with van der Waals surface area (Å²) < 4.78 is 30.3. The van der Waals surface area contributed by atoms with Gasteiger partial charge in [-0.1, -0.05) is 18.2 Å². The van der Waals surface area contributed by atoms with Crippen LogP contribution >= 0.6 is 0 Å². The average molecular weight is 377 g/mol. The Bertz CT molecular complexity index is 928. The Balaban J connectivity index is 2.27. The van der Waals surface area contributed by atoms with Crippen molar-refractivity contribution in [3.63, 3.8) is 0 Å². The maximum atomic E-state index is 12.4. The summed E-state index contributed by atoms with van der Waals surface area (Å²) in [6.45, 7) is -0.473. The second kappa shape index (κ2) is 7.87. The van der Waals surface area contributed by atoms with Gasteiger partial charge < -0.3 is 15.8 Å². The summed E-state index contributed by atoms with van der Waals surface area (Å²) in [5.74, 6) is -0.865. The first-order chi connectivity index (χ1) is 12.2. The van der Waals surface area contributed by atoms with E-state index in [1.165, 1.54) is 25.3 Å². The van der Waals surface area contributed by atoms with Crippen molar-refractivity contribution in [2.45, 2.75) is 0 Å². The Morgan fingerprint density at radius 3 is 2.46 bits per heavy atom. The zero-order chi connectivity index (χ0) is 19.3. The van der Waals surface area contributed by atoms with E-state index in [4.69, 9.17) is 10.5 Å². The number of amides is 2. The fraction of sp³-hybridized carbons (Fsp3) is 0.176. The maximum Gasteiger partial charge on any atom is 0.250 e. The SMILES string of the molecule is COc1cccc(N(CC(=O)Nc2ccccc2C(N)=O)S(C)(=O)=O)c1. The molecule has 0 radical (unpaired) electrons. The minimum atomic E-state index is -3.73. The minimum Gasteiger partial charge on any atom is -0.497 e. The zero-order valence-corrected chi connectivity index (χ0v) is 15.1. The second-order valence-corrected chi connectivity index (χ2v) is 7.34. The fourth-order valence-electron chi connectivity index (χ4n) is 2.29. The highest BCUT2D eigenvalue weighted by Gasteiger charge is 2.22. The quantitative estimate of drug-likeness (QED) is 0.751. The normalized spacial score (nSPS) is 10.8. The highest BCUT2D eigenvalue weighted by molar-refractivity contribution is 7.92. The number of rotatable bonds is 7. The number of carbonyl (C=O) groups excluding carboxylic acids is 2. The topological polar surface area (TPSA) is 119 Å². The molecule has 26 heavy (non-hydrogen) atoms. The molecule has 0 spiro atoms. The van der Waals surface area contributed by atoms with Gasteiger partial charge in [0.25, 0.3) is 5.91 Å². The van der Waals surface area contributed by atoms with Crippen molar-refractivity contribution in [1.29, 1.82) is 0 Å². The van der Waals surface area contributed by atoms with Crippen LogP contribution < -0.4 is 20.1 Å². The summed E-state index contributed by atoms with van der Waals surface area (Å²) in [5.41, 5.74) is 5.90. The van der Waals surface area contributed by atoms with Crippen LogP contribution in [0.5, 0.6) is 5.75 Å². The van der Waals surface area contributed by atoms with Crippen molar-refractivity contribution in [3.05, 3.63) is 54.1 Å². The fourth-order valence-corrected chi connectivity index (χ4v) is 3.14. The lowest BCUT2D eigenvalue weighted by molar-refractivity contribution is -0.114. The predicted molar refractivity (Wildman–Crippen MR) is 98.8 cm³/mol. The molecule has 0 unspecified atom stereocenters. The van der Waals surface area contributed by atoms with Gasteiger partial charge in [-0.2, -0.15) is 0 Å². The molecule has 0 aliphatic heterocycles. The average Bonchev–Trinajstić information content (AvgIpc) is 2.59. The number of sulfonamides is 1. The van der Waals surface area contributed by atoms with Crippen molar-refractivity contribution in [2.24, 2.45) is 5.73 Å². The molecule has 3 N–H and O–H groups in total. The number of para-hydroxylation sites is 1. The van der Waals surface area contributed by atoms with Gasteiger partial charge >= 0.3 is 0 Å². The van der Waals surface area contributed by atoms with Crippen LogP contribution in [0.1, 0.15) is 10.4 Å². The third kappa shape index (κ3) is 4.73. The Hall–Kier alpha value is -3.07. The van der Waals surface area contributed by atoms with Crippen LogP contribution in [0.3, 0.4) is 0 Å². The first-order valence-electron chi connectivity index (χ1n) is 7.53. The van der Waals surface area contributed by atoms with Gasteiger partial charge in [-0.3, -0.25) is 13.9 Å².